The van der Waals surface area contributed by atoms with Crippen LogP contribution in [0.25, 0.3) is 0 Å². The van der Waals surface area contributed by atoms with E-state index in [2.05, 4.69) is 5.32 Å². The normalized spacial score (nSPS) is 17.6. The number of rotatable bonds is 5. The highest BCUT2D eigenvalue weighted by Crippen LogP contribution is 2.17. The number of hydrogen-bond acceptors (Lipinski definition) is 3. The molecule has 1 heterocycles. The van der Waals surface area contributed by atoms with Gasteiger partial charge in [-0.1, -0.05) is 11.6 Å². The molecule has 6 nitrogen and oxygen atoms in total. The van der Waals surface area contributed by atoms with Crippen molar-refractivity contribution in [2.75, 3.05) is 19.6 Å². The molecule has 2 N–H and O–H groups in total. The van der Waals surface area contributed by atoms with Gasteiger partial charge in [-0.15, -0.1) is 0 Å². The fourth-order valence-electron chi connectivity index (χ4n) is 2.44. The SMILES string of the molecule is Cc1cc(Cl)ccc1C(=O)NCCN1CC(C(=O)O)CC1=O. The lowest BCUT2D eigenvalue weighted by Gasteiger charge is -2.16. The molecule has 0 radical (unpaired) electrons. The molecule has 0 aromatic heterocycles. The number of carboxylic acids is 1. The van der Waals surface area contributed by atoms with Crippen LogP contribution in [0.5, 0.6) is 0 Å². The fraction of sp³-hybridized carbons (Fsp3) is 0.400. The van der Waals surface area contributed by atoms with Crippen molar-refractivity contribution in [3.05, 3.63) is 34.3 Å². The van der Waals surface area contributed by atoms with Crippen molar-refractivity contribution in [1.82, 2.24) is 10.2 Å². The van der Waals surface area contributed by atoms with E-state index in [1.165, 1.54) is 4.90 Å². The van der Waals surface area contributed by atoms with Gasteiger partial charge in [-0.05, 0) is 30.7 Å². The highest BCUT2D eigenvalue weighted by Gasteiger charge is 2.33. The highest BCUT2D eigenvalue weighted by atomic mass is 35.5. The average molecular weight is 325 g/mol. The van der Waals surface area contributed by atoms with Crippen LogP contribution in [0, 0.1) is 12.8 Å². The van der Waals surface area contributed by atoms with Gasteiger partial charge in [0.25, 0.3) is 5.91 Å². The predicted octanol–water partition coefficient (Wildman–Crippen LogP) is 1.31. The first kappa shape index (κ1) is 16.3. The number of likely N-dealkylation sites (tertiary alicyclic amines) is 1. The molecule has 7 heteroatoms. The molecule has 0 bridgehead atoms. The fourth-order valence-corrected chi connectivity index (χ4v) is 2.66. The average Bonchev–Trinajstić information content (AvgIpc) is 2.80. The maximum Gasteiger partial charge on any atom is 0.308 e. The predicted molar refractivity (Wildman–Crippen MR) is 80.8 cm³/mol. The van der Waals surface area contributed by atoms with Crippen LogP contribution in [0.2, 0.25) is 5.02 Å². The Balaban J connectivity index is 1.85. The van der Waals surface area contributed by atoms with Crippen molar-refractivity contribution in [3.63, 3.8) is 0 Å². The Bertz CT molecular complexity index is 618. The number of carbonyl (C=O) groups excluding carboxylic acids is 2. The number of amides is 2. The quantitative estimate of drug-likeness (QED) is 0.855. The van der Waals surface area contributed by atoms with Gasteiger partial charge in [-0.25, -0.2) is 0 Å². The van der Waals surface area contributed by atoms with Crippen LogP contribution in [0.3, 0.4) is 0 Å². The first-order valence-electron chi connectivity index (χ1n) is 6.93. The summed E-state index contributed by atoms with van der Waals surface area (Å²) >= 11 is 5.84. The van der Waals surface area contributed by atoms with E-state index in [4.69, 9.17) is 16.7 Å². The van der Waals surface area contributed by atoms with E-state index in [1.807, 2.05) is 0 Å². The molecule has 1 aliphatic rings. The lowest BCUT2D eigenvalue weighted by Crippen LogP contribution is -2.36. The summed E-state index contributed by atoms with van der Waals surface area (Å²) < 4.78 is 0. The minimum atomic E-state index is -0.961. The molecule has 2 amide bonds. The molecule has 1 atom stereocenters. The third-order valence-corrected chi connectivity index (χ3v) is 3.90. The van der Waals surface area contributed by atoms with Gasteiger partial charge in [0.15, 0.2) is 0 Å². The van der Waals surface area contributed by atoms with Crippen LogP contribution in [-0.4, -0.2) is 47.4 Å². The van der Waals surface area contributed by atoms with Crippen molar-refractivity contribution >= 4 is 29.4 Å². The molecular formula is C15H17ClN2O4. The largest absolute Gasteiger partial charge is 0.481 e. The first-order valence-corrected chi connectivity index (χ1v) is 7.31. The third kappa shape index (κ3) is 3.76. The summed E-state index contributed by atoms with van der Waals surface area (Å²) in [7, 11) is 0. The van der Waals surface area contributed by atoms with Gasteiger partial charge >= 0.3 is 5.97 Å². The van der Waals surface area contributed by atoms with Gasteiger partial charge < -0.3 is 15.3 Å². The Morgan fingerprint density at radius 1 is 1.45 bits per heavy atom. The zero-order valence-corrected chi connectivity index (χ0v) is 12.9. The summed E-state index contributed by atoms with van der Waals surface area (Å²) in [5.74, 6) is -2.04. The number of hydrogen-bond donors (Lipinski definition) is 2. The molecular weight excluding hydrogens is 308 g/mol. The summed E-state index contributed by atoms with van der Waals surface area (Å²) in [6.07, 6.45) is 0.0274. The summed E-state index contributed by atoms with van der Waals surface area (Å²) in [5.41, 5.74) is 1.30. The second kappa shape index (κ2) is 6.79. The molecule has 2 rings (SSSR count). The molecule has 1 aliphatic heterocycles. The van der Waals surface area contributed by atoms with Gasteiger partial charge in [0.05, 0.1) is 5.92 Å². The molecule has 0 saturated carbocycles. The monoisotopic (exact) mass is 324 g/mol. The van der Waals surface area contributed by atoms with Crippen LogP contribution in [0.1, 0.15) is 22.3 Å². The third-order valence-electron chi connectivity index (χ3n) is 3.66. The van der Waals surface area contributed by atoms with Crippen LogP contribution in [-0.2, 0) is 9.59 Å². The van der Waals surface area contributed by atoms with E-state index in [-0.39, 0.29) is 31.3 Å². The Labute approximate surface area is 133 Å². The molecule has 1 aromatic carbocycles. The standard InChI is InChI=1S/C15H17ClN2O4/c1-9-6-11(16)2-3-12(9)14(20)17-4-5-18-8-10(15(21)22)7-13(18)19/h2-3,6,10H,4-5,7-8H2,1H3,(H,17,20)(H,21,22). The van der Waals surface area contributed by atoms with Crippen molar-refractivity contribution in [2.45, 2.75) is 13.3 Å². The molecule has 22 heavy (non-hydrogen) atoms. The van der Waals surface area contributed by atoms with Crippen molar-refractivity contribution < 1.29 is 19.5 Å². The van der Waals surface area contributed by atoms with Crippen molar-refractivity contribution in [3.8, 4) is 0 Å². The Morgan fingerprint density at radius 2 is 2.18 bits per heavy atom. The molecule has 0 spiro atoms. The summed E-state index contributed by atoms with van der Waals surface area (Å²) in [6.45, 7) is 2.58. The summed E-state index contributed by atoms with van der Waals surface area (Å²) in [5, 5.41) is 12.2. The van der Waals surface area contributed by atoms with E-state index >= 15 is 0 Å². The second-order valence-corrected chi connectivity index (χ2v) is 5.73. The van der Waals surface area contributed by atoms with E-state index in [0.29, 0.717) is 17.1 Å². The van der Waals surface area contributed by atoms with E-state index in [1.54, 1.807) is 25.1 Å². The number of benzene rings is 1. The zero-order chi connectivity index (χ0) is 16.3. The summed E-state index contributed by atoms with van der Waals surface area (Å²) in [6, 6.07) is 5.00. The van der Waals surface area contributed by atoms with Gasteiger partial charge in [-0.2, -0.15) is 0 Å². The zero-order valence-electron chi connectivity index (χ0n) is 12.1. The van der Waals surface area contributed by atoms with Crippen LogP contribution >= 0.6 is 11.6 Å². The number of carboxylic acid groups (broad SMARTS) is 1. The Morgan fingerprint density at radius 3 is 2.77 bits per heavy atom. The van der Waals surface area contributed by atoms with Gasteiger partial charge in [0.1, 0.15) is 0 Å². The van der Waals surface area contributed by atoms with Gasteiger partial charge in [0, 0.05) is 36.6 Å². The molecule has 1 saturated heterocycles. The Kier molecular flexibility index (Phi) is 5.03. The number of nitrogens with zero attached hydrogens (tertiary/aromatic N) is 1. The lowest BCUT2D eigenvalue weighted by molar-refractivity contribution is -0.141. The number of halogens is 1. The van der Waals surface area contributed by atoms with Crippen LogP contribution in [0.15, 0.2) is 18.2 Å². The topological polar surface area (TPSA) is 86.7 Å². The van der Waals surface area contributed by atoms with Crippen LogP contribution < -0.4 is 5.32 Å². The molecule has 118 valence electrons. The Hall–Kier alpha value is -2.08. The number of nitrogens with one attached hydrogen (secondary N) is 1. The highest BCUT2D eigenvalue weighted by molar-refractivity contribution is 6.30. The van der Waals surface area contributed by atoms with Crippen molar-refractivity contribution in [1.29, 1.82) is 0 Å². The van der Waals surface area contributed by atoms with Gasteiger partial charge in [0.2, 0.25) is 5.91 Å². The maximum absolute atomic E-state index is 12.1. The second-order valence-electron chi connectivity index (χ2n) is 5.29. The van der Waals surface area contributed by atoms with Crippen molar-refractivity contribution in [2.24, 2.45) is 5.92 Å². The van der Waals surface area contributed by atoms with E-state index in [0.717, 1.165) is 5.56 Å². The summed E-state index contributed by atoms with van der Waals surface area (Å²) in [4.78, 5) is 36.0. The van der Waals surface area contributed by atoms with Crippen LogP contribution in [0.4, 0.5) is 0 Å². The minimum Gasteiger partial charge on any atom is -0.481 e. The van der Waals surface area contributed by atoms with Gasteiger partial charge in [-0.3, -0.25) is 14.4 Å². The molecule has 1 fully saturated rings. The molecule has 1 unspecified atom stereocenters. The maximum atomic E-state index is 12.1. The number of carbonyl (C=O) groups is 3. The minimum absolute atomic E-state index is 0.0274. The lowest BCUT2D eigenvalue weighted by atomic mass is 10.1. The van der Waals surface area contributed by atoms with E-state index in [9.17, 15) is 14.4 Å². The van der Waals surface area contributed by atoms with E-state index < -0.39 is 11.9 Å². The molecule has 1 aromatic rings. The number of aliphatic carboxylic acids is 1. The number of aryl methyl sites for hydroxylation is 1. The smallest absolute Gasteiger partial charge is 0.308 e. The first-order chi connectivity index (χ1) is 10.4. The molecule has 0 aliphatic carbocycles.